The molecule has 0 saturated carbocycles. The SMILES string of the molecule is Cc1c(I)ccnc1NS(=O)(=O)c1cnn(C)c1C. The molecule has 2 aromatic heterocycles. The summed E-state index contributed by atoms with van der Waals surface area (Å²) >= 11 is 2.14. The van der Waals surface area contributed by atoms with Gasteiger partial charge in [0, 0.05) is 22.4 Å². The lowest BCUT2D eigenvalue weighted by Crippen LogP contribution is -2.16. The molecule has 0 amide bonds. The minimum absolute atomic E-state index is 0.162. The number of anilines is 1. The average Bonchev–Trinajstić information content (AvgIpc) is 2.66. The van der Waals surface area contributed by atoms with Gasteiger partial charge in [0.1, 0.15) is 10.7 Å². The molecule has 0 bridgehead atoms. The van der Waals surface area contributed by atoms with Crippen molar-refractivity contribution in [2.75, 3.05) is 4.72 Å². The number of sulfonamides is 1. The summed E-state index contributed by atoms with van der Waals surface area (Å²) in [6.45, 7) is 3.53. The van der Waals surface area contributed by atoms with Crippen molar-refractivity contribution >= 4 is 38.4 Å². The molecule has 19 heavy (non-hydrogen) atoms. The number of hydrogen-bond acceptors (Lipinski definition) is 4. The molecule has 0 unspecified atom stereocenters. The zero-order valence-corrected chi connectivity index (χ0v) is 13.7. The van der Waals surface area contributed by atoms with Gasteiger partial charge in [-0.3, -0.25) is 9.40 Å². The highest BCUT2D eigenvalue weighted by Crippen LogP contribution is 2.22. The number of halogens is 1. The van der Waals surface area contributed by atoms with Crippen LogP contribution in [0, 0.1) is 17.4 Å². The van der Waals surface area contributed by atoms with Gasteiger partial charge in [0.2, 0.25) is 0 Å². The molecule has 102 valence electrons. The molecule has 2 aromatic rings. The van der Waals surface area contributed by atoms with Crippen LogP contribution in [-0.2, 0) is 17.1 Å². The number of nitrogens with one attached hydrogen (secondary N) is 1. The van der Waals surface area contributed by atoms with E-state index < -0.39 is 10.0 Å². The molecule has 0 spiro atoms. The highest BCUT2D eigenvalue weighted by atomic mass is 127. The Balaban J connectivity index is 2.42. The van der Waals surface area contributed by atoms with E-state index >= 15 is 0 Å². The van der Waals surface area contributed by atoms with E-state index in [9.17, 15) is 8.42 Å². The molecule has 6 nitrogen and oxygen atoms in total. The molecule has 0 aliphatic rings. The predicted octanol–water partition coefficient (Wildman–Crippen LogP) is 1.84. The van der Waals surface area contributed by atoms with Crippen LogP contribution in [0.2, 0.25) is 0 Å². The molecule has 0 aromatic carbocycles. The minimum atomic E-state index is -3.66. The van der Waals surface area contributed by atoms with Crippen molar-refractivity contribution in [3.05, 3.63) is 33.3 Å². The van der Waals surface area contributed by atoms with Crippen LogP contribution in [0.25, 0.3) is 0 Å². The Kier molecular flexibility index (Phi) is 3.81. The molecule has 8 heteroatoms. The first-order valence-corrected chi connectivity index (χ1v) is 8.01. The van der Waals surface area contributed by atoms with E-state index in [2.05, 4.69) is 37.4 Å². The Morgan fingerprint density at radius 1 is 1.37 bits per heavy atom. The molecule has 0 atom stereocenters. The summed E-state index contributed by atoms with van der Waals surface area (Å²) in [5, 5.41) is 3.94. The lowest BCUT2D eigenvalue weighted by molar-refractivity contribution is 0.600. The number of hydrogen-bond donors (Lipinski definition) is 1. The summed E-state index contributed by atoms with van der Waals surface area (Å²) in [6, 6.07) is 1.82. The van der Waals surface area contributed by atoms with Crippen molar-refractivity contribution in [3.8, 4) is 0 Å². The number of aryl methyl sites for hydroxylation is 1. The topological polar surface area (TPSA) is 76.9 Å². The van der Waals surface area contributed by atoms with Crippen molar-refractivity contribution in [2.45, 2.75) is 18.7 Å². The molecular weight excluding hydrogens is 379 g/mol. The van der Waals surface area contributed by atoms with E-state index in [0.717, 1.165) is 9.13 Å². The second-order valence-electron chi connectivity index (χ2n) is 4.09. The van der Waals surface area contributed by atoms with Gasteiger partial charge in [-0.05, 0) is 42.5 Å². The highest BCUT2D eigenvalue weighted by molar-refractivity contribution is 14.1. The molecule has 2 rings (SSSR count). The zero-order valence-electron chi connectivity index (χ0n) is 10.7. The smallest absolute Gasteiger partial charge is 0.266 e. The van der Waals surface area contributed by atoms with Gasteiger partial charge in [-0.15, -0.1) is 0 Å². The minimum Gasteiger partial charge on any atom is -0.272 e. The lowest BCUT2D eigenvalue weighted by atomic mass is 10.3. The summed E-state index contributed by atoms with van der Waals surface area (Å²) in [5.74, 6) is 0.343. The summed E-state index contributed by atoms with van der Waals surface area (Å²) in [6.07, 6.45) is 2.91. The second-order valence-corrected chi connectivity index (χ2v) is 6.90. The van der Waals surface area contributed by atoms with Crippen molar-refractivity contribution in [1.82, 2.24) is 14.8 Å². The van der Waals surface area contributed by atoms with E-state index in [1.54, 1.807) is 20.2 Å². The second kappa shape index (κ2) is 5.08. The highest BCUT2D eigenvalue weighted by Gasteiger charge is 2.21. The summed E-state index contributed by atoms with van der Waals surface area (Å²) < 4.78 is 29.6. The summed E-state index contributed by atoms with van der Waals surface area (Å²) in [7, 11) is -1.96. The molecule has 0 saturated heterocycles. The third-order valence-corrected chi connectivity index (χ3v) is 5.46. The fourth-order valence-electron chi connectivity index (χ4n) is 1.54. The van der Waals surface area contributed by atoms with Crippen LogP contribution in [-0.4, -0.2) is 23.2 Å². The summed E-state index contributed by atoms with van der Waals surface area (Å²) in [5.41, 5.74) is 1.38. The lowest BCUT2D eigenvalue weighted by Gasteiger charge is -2.10. The third kappa shape index (κ3) is 2.73. The largest absolute Gasteiger partial charge is 0.272 e. The van der Waals surface area contributed by atoms with E-state index in [1.807, 2.05) is 13.0 Å². The Labute approximate surface area is 125 Å². The maximum Gasteiger partial charge on any atom is 0.266 e. The monoisotopic (exact) mass is 392 g/mol. The van der Waals surface area contributed by atoms with Gasteiger partial charge < -0.3 is 0 Å². The molecule has 0 fully saturated rings. The van der Waals surface area contributed by atoms with Crippen molar-refractivity contribution in [2.24, 2.45) is 7.05 Å². The van der Waals surface area contributed by atoms with Crippen molar-refractivity contribution in [1.29, 1.82) is 0 Å². The molecule has 0 aliphatic carbocycles. The predicted molar refractivity (Wildman–Crippen MR) is 80.4 cm³/mol. The number of rotatable bonds is 3. The van der Waals surface area contributed by atoms with Gasteiger partial charge >= 0.3 is 0 Å². The normalized spacial score (nSPS) is 11.6. The van der Waals surface area contributed by atoms with Gasteiger partial charge in [-0.1, -0.05) is 0 Å². The van der Waals surface area contributed by atoms with Gasteiger partial charge in [-0.2, -0.15) is 5.10 Å². The van der Waals surface area contributed by atoms with Crippen LogP contribution in [0.15, 0.2) is 23.4 Å². The average molecular weight is 392 g/mol. The number of pyridine rings is 1. The fraction of sp³-hybridized carbons (Fsp3) is 0.273. The van der Waals surface area contributed by atoms with Gasteiger partial charge in [-0.25, -0.2) is 13.4 Å². The number of nitrogens with zero attached hydrogens (tertiary/aromatic N) is 3. The first-order chi connectivity index (χ1) is 8.83. The Hall–Kier alpha value is -1.16. The van der Waals surface area contributed by atoms with Crippen LogP contribution < -0.4 is 4.72 Å². The Morgan fingerprint density at radius 3 is 2.63 bits per heavy atom. The van der Waals surface area contributed by atoms with Crippen LogP contribution >= 0.6 is 22.6 Å². The van der Waals surface area contributed by atoms with Gasteiger partial charge in [0.25, 0.3) is 10.0 Å². The Morgan fingerprint density at radius 2 is 2.05 bits per heavy atom. The quantitative estimate of drug-likeness (QED) is 0.809. The van der Waals surface area contributed by atoms with Gasteiger partial charge in [0.15, 0.2) is 0 Å². The molecule has 0 aliphatic heterocycles. The molecular formula is C11H13IN4O2S. The zero-order chi connectivity index (χ0) is 14.2. The third-order valence-electron chi connectivity index (χ3n) is 2.85. The van der Waals surface area contributed by atoms with E-state index in [1.165, 1.54) is 10.9 Å². The Bertz CT molecular complexity index is 724. The van der Waals surface area contributed by atoms with Gasteiger partial charge in [0.05, 0.1) is 11.9 Å². The maximum atomic E-state index is 12.3. The molecule has 2 heterocycles. The van der Waals surface area contributed by atoms with E-state index in [4.69, 9.17) is 0 Å². The standard InChI is InChI=1S/C11H13IN4O2S/c1-7-9(12)4-5-13-11(7)15-19(17,18)10-6-14-16(3)8(10)2/h4-6H,1-3H3,(H,13,15). The van der Waals surface area contributed by atoms with E-state index in [-0.39, 0.29) is 4.90 Å². The van der Waals surface area contributed by atoms with Crippen LogP contribution in [0.5, 0.6) is 0 Å². The van der Waals surface area contributed by atoms with Crippen LogP contribution in [0.3, 0.4) is 0 Å². The first-order valence-electron chi connectivity index (χ1n) is 5.45. The summed E-state index contributed by atoms with van der Waals surface area (Å²) in [4.78, 5) is 4.23. The maximum absolute atomic E-state index is 12.3. The molecule has 0 radical (unpaired) electrons. The molecule has 1 N–H and O–H groups in total. The fourth-order valence-corrected chi connectivity index (χ4v) is 3.23. The van der Waals surface area contributed by atoms with E-state index in [0.29, 0.717) is 11.5 Å². The first kappa shape index (κ1) is 14.3. The van der Waals surface area contributed by atoms with Crippen LogP contribution in [0.1, 0.15) is 11.3 Å². The van der Waals surface area contributed by atoms with Crippen molar-refractivity contribution < 1.29 is 8.42 Å². The van der Waals surface area contributed by atoms with Crippen molar-refractivity contribution in [3.63, 3.8) is 0 Å². The number of aromatic nitrogens is 3. The van der Waals surface area contributed by atoms with Crippen LogP contribution in [0.4, 0.5) is 5.82 Å².